The average Bonchev–Trinajstić information content (AvgIpc) is 3.03. The molecule has 0 radical (unpaired) electrons. The van der Waals surface area contributed by atoms with Crippen molar-refractivity contribution in [3.8, 4) is 11.1 Å². The molecule has 0 aliphatic heterocycles. The van der Waals surface area contributed by atoms with E-state index in [2.05, 4.69) is 22.1 Å². The summed E-state index contributed by atoms with van der Waals surface area (Å²) < 4.78 is 5.47. The van der Waals surface area contributed by atoms with Crippen molar-refractivity contribution in [2.24, 2.45) is 0 Å². The number of thiophene rings is 1. The summed E-state index contributed by atoms with van der Waals surface area (Å²) in [4.78, 5) is 32.6. The molecule has 0 unspecified atom stereocenters. The highest BCUT2D eigenvalue weighted by Crippen LogP contribution is 2.28. The maximum atomic E-state index is 12.5. The van der Waals surface area contributed by atoms with E-state index >= 15 is 0 Å². The van der Waals surface area contributed by atoms with Gasteiger partial charge in [-0.15, -0.1) is 11.3 Å². The zero-order chi connectivity index (χ0) is 19.7. The highest BCUT2D eigenvalue weighted by atomic mass is 32.1. The Labute approximate surface area is 165 Å². The second-order valence-corrected chi connectivity index (χ2v) is 7.53. The van der Waals surface area contributed by atoms with Crippen molar-refractivity contribution in [2.75, 3.05) is 0 Å². The number of aryl methyl sites for hydroxylation is 2. The van der Waals surface area contributed by atoms with Crippen LogP contribution in [-0.4, -0.2) is 15.9 Å². The molecule has 0 saturated carbocycles. The molecule has 2 aromatic heterocycles. The first kappa shape index (κ1) is 18.1. The molecule has 0 aliphatic carbocycles. The zero-order valence-electron chi connectivity index (χ0n) is 15.5. The molecule has 0 saturated heterocycles. The summed E-state index contributed by atoms with van der Waals surface area (Å²) in [6, 6.07) is 18.0. The molecule has 0 bridgehead atoms. The van der Waals surface area contributed by atoms with Gasteiger partial charge in [0.2, 0.25) is 0 Å². The molecular formula is C22H18N2O3S. The van der Waals surface area contributed by atoms with Crippen molar-refractivity contribution in [2.45, 2.75) is 20.5 Å². The molecule has 2 heterocycles. The molecule has 2 aromatic carbocycles. The Bertz CT molecular complexity index is 1210. The molecule has 0 amide bonds. The first-order chi connectivity index (χ1) is 13.5. The van der Waals surface area contributed by atoms with Gasteiger partial charge in [0.25, 0.3) is 5.56 Å². The minimum absolute atomic E-state index is 0.171. The van der Waals surface area contributed by atoms with Crippen LogP contribution in [-0.2, 0) is 11.3 Å². The summed E-state index contributed by atoms with van der Waals surface area (Å²) >= 11 is 1.19. The predicted octanol–water partition coefficient (Wildman–Crippen LogP) is 4.63. The molecule has 6 heteroatoms. The fourth-order valence-corrected chi connectivity index (χ4v) is 4.21. The normalized spacial score (nSPS) is 10.9. The number of aromatic amines is 1. The Morgan fingerprint density at radius 3 is 2.43 bits per heavy atom. The Kier molecular flexibility index (Phi) is 4.79. The molecule has 5 nitrogen and oxygen atoms in total. The van der Waals surface area contributed by atoms with Gasteiger partial charge in [-0.2, -0.15) is 0 Å². The van der Waals surface area contributed by atoms with Gasteiger partial charge in [-0.3, -0.25) is 4.79 Å². The fraction of sp³-hybridized carbons (Fsp3) is 0.136. The number of nitrogens with zero attached hydrogens (tertiary/aromatic N) is 1. The van der Waals surface area contributed by atoms with Crippen molar-refractivity contribution in [3.05, 3.63) is 86.8 Å². The SMILES string of the molecule is Cc1nc2sc(C(=O)OCc3ccc(-c4ccccc4)cc3)c(C)c2c(=O)[nH]1. The van der Waals surface area contributed by atoms with Gasteiger partial charge in [0.15, 0.2) is 0 Å². The van der Waals surface area contributed by atoms with Gasteiger partial charge in [-0.1, -0.05) is 54.6 Å². The molecule has 4 rings (SSSR count). The van der Waals surface area contributed by atoms with Gasteiger partial charge in [0, 0.05) is 0 Å². The number of esters is 1. The van der Waals surface area contributed by atoms with Crippen LogP contribution in [0.2, 0.25) is 0 Å². The van der Waals surface area contributed by atoms with Crippen LogP contribution < -0.4 is 5.56 Å². The van der Waals surface area contributed by atoms with Crippen LogP contribution in [0.1, 0.15) is 26.6 Å². The summed E-state index contributed by atoms with van der Waals surface area (Å²) in [5.74, 6) is 0.0851. The summed E-state index contributed by atoms with van der Waals surface area (Å²) in [7, 11) is 0. The lowest BCUT2D eigenvalue weighted by atomic mass is 10.0. The number of benzene rings is 2. The first-order valence-corrected chi connectivity index (χ1v) is 9.66. The van der Waals surface area contributed by atoms with Crippen molar-refractivity contribution >= 4 is 27.5 Å². The highest BCUT2D eigenvalue weighted by molar-refractivity contribution is 7.20. The summed E-state index contributed by atoms with van der Waals surface area (Å²) in [6.45, 7) is 3.63. The molecular weight excluding hydrogens is 372 g/mol. The highest BCUT2D eigenvalue weighted by Gasteiger charge is 2.20. The number of nitrogens with one attached hydrogen (secondary N) is 1. The summed E-state index contributed by atoms with van der Waals surface area (Å²) in [6.07, 6.45) is 0. The van der Waals surface area contributed by atoms with Crippen LogP contribution >= 0.6 is 11.3 Å². The monoisotopic (exact) mass is 390 g/mol. The third-order valence-electron chi connectivity index (χ3n) is 4.54. The lowest BCUT2D eigenvalue weighted by Crippen LogP contribution is -2.10. The van der Waals surface area contributed by atoms with Crippen LogP contribution in [0.5, 0.6) is 0 Å². The summed E-state index contributed by atoms with van der Waals surface area (Å²) in [5.41, 5.74) is 3.53. The Morgan fingerprint density at radius 2 is 1.71 bits per heavy atom. The number of aromatic nitrogens is 2. The van der Waals surface area contributed by atoms with Crippen LogP contribution in [0.15, 0.2) is 59.4 Å². The third-order valence-corrected chi connectivity index (χ3v) is 5.70. The molecule has 0 spiro atoms. The Balaban J connectivity index is 1.50. The van der Waals surface area contributed by atoms with Gasteiger partial charge in [-0.25, -0.2) is 9.78 Å². The number of hydrogen-bond donors (Lipinski definition) is 1. The second kappa shape index (κ2) is 7.40. The minimum atomic E-state index is -0.440. The predicted molar refractivity (Wildman–Crippen MR) is 111 cm³/mol. The standard InChI is InChI=1S/C22H18N2O3S/c1-13-18-20(25)23-14(2)24-21(18)28-19(13)22(26)27-12-15-8-10-17(11-9-15)16-6-4-3-5-7-16/h3-11H,12H2,1-2H3,(H,23,24,25). The van der Waals surface area contributed by atoms with Crippen LogP contribution in [0.25, 0.3) is 21.3 Å². The van der Waals surface area contributed by atoms with E-state index in [1.807, 2.05) is 42.5 Å². The second-order valence-electron chi connectivity index (χ2n) is 6.53. The zero-order valence-corrected chi connectivity index (χ0v) is 16.3. The van der Waals surface area contributed by atoms with E-state index < -0.39 is 5.97 Å². The van der Waals surface area contributed by atoms with Crippen molar-refractivity contribution in [3.63, 3.8) is 0 Å². The number of ether oxygens (including phenoxy) is 1. The van der Waals surface area contributed by atoms with Crippen molar-refractivity contribution in [1.29, 1.82) is 0 Å². The van der Waals surface area contributed by atoms with Gasteiger partial charge >= 0.3 is 5.97 Å². The topological polar surface area (TPSA) is 72.0 Å². The quantitative estimate of drug-likeness (QED) is 0.516. The van der Waals surface area contributed by atoms with E-state index in [-0.39, 0.29) is 12.2 Å². The van der Waals surface area contributed by atoms with Gasteiger partial charge in [0.1, 0.15) is 22.1 Å². The fourth-order valence-electron chi connectivity index (χ4n) is 3.08. The average molecular weight is 390 g/mol. The van der Waals surface area contributed by atoms with E-state index in [4.69, 9.17) is 4.74 Å². The molecule has 140 valence electrons. The van der Waals surface area contributed by atoms with E-state index in [9.17, 15) is 9.59 Å². The third kappa shape index (κ3) is 3.46. The smallest absolute Gasteiger partial charge is 0.349 e. The van der Waals surface area contributed by atoms with Gasteiger partial charge in [0.05, 0.1) is 5.39 Å². The number of carbonyl (C=O) groups excluding carboxylic acids is 1. The van der Waals surface area contributed by atoms with E-state index in [0.29, 0.717) is 26.5 Å². The minimum Gasteiger partial charge on any atom is -0.457 e. The number of H-pyrrole nitrogens is 1. The lowest BCUT2D eigenvalue weighted by molar-refractivity contribution is 0.0478. The van der Waals surface area contributed by atoms with Crippen molar-refractivity contribution < 1.29 is 9.53 Å². The molecule has 4 aromatic rings. The number of carbonyl (C=O) groups is 1. The first-order valence-electron chi connectivity index (χ1n) is 8.84. The summed E-state index contributed by atoms with van der Waals surface area (Å²) in [5, 5.41) is 0.453. The maximum Gasteiger partial charge on any atom is 0.349 e. The molecule has 0 aliphatic rings. The number of rotatable bonds is 4. The Morgan fingerprint density at radius 1 is 1.04 bits per heavy atom. The number of hydrogen-bond acceptors (Lipinski definition) is 5. The maximum absolute atomic E-state index is 12.5. The van der Waals surface area contributed by atoms with E-state index in [1.165, 1.54) is 11.3 Å². The lowest BCUT2D eigenvalue weighted by Gasteiger charge is -2.06. The van der Waals surface area contributed by atoms with Crippen LogP contribution in [0.4, 0.5) is 0 Å². The van der Waals surface area contributed by atoms with E-state index in [0.717, 1.165) is 16.7 Å². The molecule has 28 heavy (non-hydrogen) atoms. The van der Waals surface area contributed by atoms with Crippen LogP contribution in [0, 0.1) is 13.8 Å². The van der Waals surface area contributed by atoms with Crippen molar-refractivity contribution in [1.82, 2.24) is 9.97 Å². The molecule has 1 N–H and O–H groups in total. The molecule has 0 fully saturated rings. The van der Waals surface area contributed by atoms with E-state index in [1.54, 1.807) is 13.8 Å². The van der Waals surface area contributed by atoms with Crippen LogP contribution in [0.3, 0.4) is 0 Å². The largest absolute Gasteiger partial charge is 0.457 e. The Hall–Kier alpha value is -3.25. The van der Waals surface area contributed by atoms with Gasteiger partial charge in [-0.05, 0) is 36.1 Å². The number of fused-ring (bicyclic) bond motifs is 1. The molecule has 0 atom stereocenters. The van der Waals surface area contributed by atoms with Gasteiger partial charge < -0.3 is 9.72 Å².